The number of rotatable bonds is 3. The Kier molecular flexibility index (Phi) is 3.64. The summed E-state index contributed by atoms with van der Waals surface area (Å²) in [6, 6.07) is 4.31. The van der Waals surface area contributed by atoms with Gasteiger partial charge in [-0.3, -0.25) is 4.31 Å². The molecule has 120 valence electrons. The van der Waals surface area contributed by atoms with Crippen molar-refractivity contribution in [2.45, 2.75) is 19.3 Å². The van der Waals surface area contributed by atoms with Gasteiger partial charge in [-0.2, -0.15) is 8.42 Å². The van der Waals surface area contributed by atoms with Crippen molar-refractivity contribution in [2.75, 3.05) is 22.4 Å². The standard InChI is InChI=1S/C13H16N2O5S2/c16-13(17)11-3-4-12-10(9-11)5-6-15(12)22(19,20)14-21(18)7-1-2-8-21/h3-4,9H,1-2,5-8H2,(H,16,17). The highest BCUT2D eigenvalue weighted by molar-refractivity contribution is 8.04. The lowest BCUT2D eigenvalue weighted by Crippen LogP contribution is -2.28. The molecule has 0 aromatic heterocycles. The van der Waals surface area contributed by atoms with Crippen LogP contribution >= 0.6 is 0 Å². The summed E-state index contributed by atoms with van der Waals surface area (Å²) >= 11 is 0. The van der Waals surface area contributed by atoms with Crippen molar-refractivity contribution in [3.63, 3.8) is 0 Å². The summed E-state index contributed by atoms with van der Waals surface area (Å²) in [5.74, 6) is -0.404. The van der Waals surface area contributed by atoms with E-state index < -0.39 is 25.9 Å². The van der Waals surface area contributed by atoms with Crippen molar-refractivity contribution in [1.82, 2.24) is 0 Å². The quantitative estimate of drug-likeness (QED) is 0.889. The SMILES string of the molecule is O=C(O)c1ccc2c(c1)CCN2S(=O)(=O)N=S1(=O)CCCC1. The fourth-order valence-electron chi connectivity index (χ4n) is 2.79. The number of benzene rings is 1. The number of carbonyl (C=O) groups is 1. The van der Waals surface area contributed by atoms with Crippen LogP contribution in [-0.4, -0.2) is 41.8 Å². The molecule has 1 fully saturated rings. The number of carboxylic acids is 1. The Morgan fingerprint density at radius 2 is 1.95 bits per heavy atom. The van der Waals surface area contributed by atoms with E-state index in [1.54, 1.807) is 0 Å². The maximum atomic E-state index is 12.4. The van der Waals surface area contributed by atoms with Gasteiger partial charge in [0.2, 0.25) is 0 Å². The maximum absolute atomic E-state index is 12.4. The number of anilines is 1. The molecular formula is C13H16N2O5S2. The zero-order chi connectivity index (χ0) is 16.0. The van der Waals surface area contributed by atoms with Crippen LogP contribution in [0.3, 0.4) is 0 Å². The number of carboxylic acid groups (broad SMARTS) is 1. The van der Waals surface area contributed by atoms with Gasteiger partial charge >= 0.3 is 16.2 Å². The van der Waals surface area contributed by atoms with Crippen LogP contribution in [0.1, 0.15) is 28.8 Å². The smallest absolute Gasteiger partial charge is 0.352 e. The van der Waals surface area contributed by atoms with E-state index in [1.807, 2.05) is 0 Å². The molecule has 0 radical (unpaired) electrons. The summed E-state index contributed by atoms with van der Waals surface area (Å²) < 4.78 is 42.1. The molecule has 0 bridgehead atoms. The first-order valence-electron chi connectivity index (χ1n) is 6.93. The Hall–Kier alpha value is -1.61. The molecule has 2 aliphatic rings. The molecule has 1 N–H and O–H groups in total. The van der Waals surface area contributed by atoms with Gasteiger partial charge in [-0.15, -0.1) is 0 Å². The summed E-state index contributed by atoms with van der Waals surface area (Å²) in [6.45, 7) is 0.194. The second-order valence-electron chi connectivity index (χ2n) is 5.41. The van der Waals surface area contributed by atoms with Crippen LogP contribution in [-0.2, 0) is 26.4 Å². The molecule has 7 nitrogen and oxygen atoms in total. The van der Waals surface area contributed by atoms with Crippen LogP contribution in [0.5, 0.6) is 0 Å². The summed E-state index contributed by atoms with van der Waals surface area (Å²) in [4.78, 5) is 11.0. The Labute approximate surface area is 129 Å². The Morgan fingerprint density at radius 3 is 2.59 bits per heavy atom. The number of hydrogen-bond donors (Lipinski definition) is 1. The molecule has 0 atom stereocenters. The number of nitrogens with zero attached hydrogens (tertiary/aromatic N) is 2. The molecule has 0 spiro atoms. The Morgan fingerprint density at radius 1 is 1.27 bits per heavy atom. The molecule has 22 heavy (non-hydrogen) atoms. The molecule has 3 rings (SSSR count). The van der Waals surface area contributed by atoms with Gasteiger partial charge in [-0.1, -0.05) is 3.77 Å². The molecular weight excluding hydrogens is 328 g/mol. The second kappa shape index (κ2) is 5.24. The topological polar surface area (TPSA) is 104 Å². The molecule has 1 saturated heterocycles. The third kappa shape index (κ3) is 2.70. The minimum absolute atomic E-state index is 0.122. The third-order valence-corrected chi connectivity index (χ3v) is 8.49. The van der Waals surface area contributed by atoms with E-state index >= 15 is 0 Å². The Balaban J connectivity index is 1.99. The maximum Gasteiger partial charge on any atom is 0.352 e. The molecule has 0 unspecified atom stereocenters. The molecule has 0 saturated carbocycles. The van der Waals surface area contributed by atoms with E-state index in [0.717, 1.165) is 17.1 Å². The highest BCUT2D eigenvalue weighted by Crippen LogP contribution is 2.32. The van der Waals surface area contributed by atoms with Crippen LogP contribution in [0, 0.1) is 0 Å². The lowest BCUT2D eigenvalue weighted by Gasteiger charge is -2.16. The summed E-state index contributed by atoms with van der Waals surface area (Å²) in [7, 11) is -6.68. The monoisotopic (exact) mass is 344 g/mol. The molecule has 2 aliphatic heterocycles. The van der Waals surface area contributed by atoms with Crippen molar-refractivity contribution < 1.29 is 22.5 Å². The van der Waals surface area contributed by atoms with Crippen molar-refractivity contribution in [2.24, 2.45) is 3.77 Å². The minimum atomic E-state index is -4.01. The second-order valence-corrected chi connectivity index (χ2v) is 9.71. The van der Waals surface area contributed by atoms with Crippen LogP contribution in [0.4, 0.5) is 5.69 Å². The molecule has 1 aromatic carbocycles. The van der Waals surface area contributed by atoms with E-state index in [0.29, 0.717) is 29.2 Å². The van der Waals surface area contributed by atoms with Crippen LogP contribution in [0.15, 0.2) is 22.0 Å². The van der Waals surface area contributed by atoms with E-state index in [2.05, 4.69) is 3.77 Å². The average molecular weight is 344 g/mol. The summed E-state index contributed by atoms with van der Waals surface area (Å²) in [5.41, 5.74) is 1.20. The number of hydrogen-bond acceptors (Lipinski definition) is 4. The molecule has 0 amide bonds. The van der Waals surface area contributed by atoms with E-state index in [9.17, 15) is 17.4 Å². The van der Waals surface area contributed by atoms with Gasteiger partial charge in [0.05, 0.1) is 21.0 Å². The first-order valence-corrected chi connectivity index (χ1v) is 10.2. The third-order valence-electron chi connectivity index (χ3n) is 3.86. The van der Waals surface area contributed by atoms with E-state index in [-0.39, 0.29) is 12.1 Å². The zero-order valence-electron chi connectivity index (χ0n) is 11.8. The predicted octanol–water partition coefficient (Wildman–Crippen LogP) is 1.25. The zero-order valence-corrected chi connectivity index (χ0v) is 13.4. The van der Waals surface area contributed by atoms with Crippen LogP contribution < -0.4 is 4.31 Å². The number of aromatic carboxylic acids is 1. The fourth-order valence-corrected chi connectivity index (χ4v) is 7.34. The average Bonchev–Trinajstić information content (AvgIpc) is 3.03. The first-order chi connectivity index (χ1) is 10.3. The van der Waals surface area contributed by atoms with Crippen molar-refractivity contribution >= 4 is 31.6 Å². The van der Waals surface area contributed by atoms with Gasteiger partial charge in [-0.05, 0) is 43.0 Å². The lowest BCUT2D eigenvalue weighted by molar-refractivity contribution is 0.0697. The van der Waals surface area contributed by atoms with E-state index in [1.165, 1.54) is 18.2 Å². The molecule has 2 heterocycles. The molecule has 9 heteroatoms. The largest absolute Gasteiger partial charge is 0.478 e. The van der Waals surface area contributed by atoms with Crippen molar-refractivity contribution in [3.8, 4) is 0 Å². The molecule has 1 aromatic rings. The highest BCUT2D eigenvalue weighted by atomic mass is 32.3. The fraction of sp³-hybridized carbons (Fsp3) is 0.462. The van der Waals surface area contributed by atoms with Crippen LogP contribution in [0.25, 0.3) is 0 Å². The summed E-state index contributed by atoms with van der Waals surface area (Å²) in [6.07, 6.45) is 1.89. The minimum Gasteiger partial charge on any atom is -0.478 e. The summed E-state index contributed by atoms with van der Waals surface area (Å²) in [5, 5.41) is 8.98. The van der Waals surface area contributed by atoms with Gasteiger partial charge in [0.25, 0.3) is 0 Å². The number of fused-ring (bicyclic) bond motifs is 1. The van der Waals surface area contributed by atoms with Gasteiger partial charge < -0.3 is 5.11 Å². The lowest BCUT2D eigenvalue weighted by atomic mass is 10.1. The highest BCUT2D eigenvalue weighted by Gasteiger charge is 2.32. The van der Waals surface area contributed by atoms with Crippen LogP contribution in [0.2, 0.25) is 0 Å². The van der Waals surface area contributed by atoms with Gasteiger partial charge in [0.1, 0.15) is 0 Å². The van der Waals surface area contributed by atoms with Crippen molar-refractivity contribution in [3.05, 3.63) is 29.3 Å². The Bertz CT molecular complexity index is 841. The van der Waals surface area contributed by atoms with Gasteiger partial charge in [0, 0.05) is 18.1 Å². The first kappa shape index (κ1) is 15.3. The normalized spacial score (nSPS) is 19.9. The van der Waals surface area contributed by atoms with Crippen molar-refractivity contribution in [1.29, 1.82) is 0 Å². The van der Waals surface area contributed by atoms with Gasteiger partial charge in [0.15, 0.2) is 0 Å². The predicted molar refractivity (Wildman–Crippen MR) is 82.9 cm³/mol. The van der Waals surface area contributed by atoms with E-state index in [4.69, 9.17) is 5.11 Å². The molecule has 0 aliphatic carbocycles. The van der Waals surface area contributed by atoms with Gasteiger partial charge in [-0.25, -0.2) is 9.00 Å².